The van der Waals surface area contributed by atoms with Crippen molar-refractivity contribution in [2.75, 3.05) is 5.75 Å². The molecule has 0 aromatic heterocycles. The van der Waals surface area contributed by atoms with Crippen molar-refractivity contribution in [3.63, 3.8) is 0 Å². The third-order valence-corrected chi connectivity index (χ3v) is 3.60. The molecule has 0 spiro atoms. The van der Waals surface area contributed by atoms with Gasteiger partial charge in [0.2, 0.25) is 0 Å². The summed E-state index contributed by atoms with van der Waals surface area (Å²) in [5.74, 6) is 1.11. The summed E-state index contributed by atoms with van der Waals surface area (Å²) in [6.07, 6.45) is -1.26. The van der Waals surface area contributed by atoms with Crippen molar-refractivity contribution >= 4 is 11.8 Å². The van der Waals surface area contributed by atoms with Crippen LogP contribution < -0.4 is 0 Å². The highest BCUT2D eigenvalue weighted by Crippen LogP contribution is 2.34. The normalized spacial score (nSPS) is 21.1. The topological polar surface area (TPSA) is 0 Å². The van der Waals surface area contributed by atoms with E-state index in [1.54, 1.807) is 17.8 Å². The van der Waals surface area contributed by atoms with Gasteiger partial charge < -0.3 is 0 Å². The maximum absolute atomic E-state index is 12.4. The van der Waals surface area contributed by atoms with Crippen LogP contribution in [0.15, 0.2) is 24.3 Å². The van der Waals surface area contributed by atoms with Gasteiger partial charge in [0.1, 0.15) is 0 Å². The summed E-state index contributed by atoms with van der Waals surface area (Å²) in [5.41, 5.74) is 0.0996. The minimum absolute atomic E-state index is 0.397. The summed E-state index contributed by atoms with van der Waals surface area (Å²) in [5, 5.41) is 0.397. The lowest BCUT2D eigenvalue weighted by Crippen LogP contribution is -2.16. The largest absolute Gasteiger partial charge is 0.416 e. The van der Waals surface area contributed by atoms with E-state index in [4.69, 9.17) is 0 Å². The number of alkyl halides is 3. The smallest absolute Gasteiger partial charge is 0.166 e. The molecule has 0 amide bonds. The molecule has 0 nitrogen and oxygen atoms in total. The Kier molecular flexibility index (Phi) is 2.96. The van der Waals surface area contributed by atoms with Crippen molar-refractivity contribution in [3.05, 3.63) is 41.8 Å². The van der Waals surface area contributed by atoms with Gasteiger partial charge >= 0.3 is 6.18 Å². The van der Waals surface area contributed by atoms with Gasteiger partial charge in [-0.1, -0.05) is 18.2 Å². The highest BCUT2D eigenvalue weighted by molar-refractivity contribution is 8.01. The lowest BCUT2D eigenvalue weighted by Gasteiger charge is -2.24. The molecule has 15 heavy (non-hydrogen) atoms. The van der Waals surface area contributed by atoms with Crippen LogP contribution >= 0.6 is 11.8 Å². The summed E-state index contributed by atoms with van der Waals surface area (Å²) in [6.45, 7) is 0. The van der Waals surface area contributed by atoms with Gasteiger partial charge in [0.25, 0.3) is 0 Å². The van der Waals surface area contributed by atoms with E-state index in [0.717, 1.165) is 18.2 Å². The van der Waals surface area contributed by atoms with Gasteiger partial charge in [0, 0.05) is 11.7 Å². The zero-order chi connectivity index (χ0) is 10.9. The van der Waals surface area contributed by atoms with Crippen molar-refractivity contribution < 1.29 is 13.2 Å². The van der Waals surface area contributed by atoms with Crippen LogP contribution in [0.4, 0.5) is 13.2 Å². The molecule has 1 radical (unpaired) electrons. The highest BCUT2D eigenvalue weighted by Gasteiger charge is 2.30. The summed E-state index contributed by atoms with van der Waals surface area (Å²) in [6, 6.07) is 5.48. The van der Waals surface area contributed by atoms with Gasteiger partial charge in [-0.15, -0.1) is 0 Å². The predicted molar refractivity (Wildman–Crippen MR) is 55.7 cm³/mol. The molecule has 4 heteroatoms. The second-order valence-corrected chi connectivity index (χ2v) is 4.83. The Morgan fingerprint density at radius 3 is 2.60 bits per heavy atom. The number of halogens is 3. The van der Waals surface area contributed by atoms with Crippen molar-refractivity contribution in [2.24, 2.45) is 0 Å². The average molecular weight is 231 g/mol. The van der Waals surface area contributed by atoms with Gasteiger partial charge in [0.05, 0.1) is 5.56 Å². The maximum Gasteiger partial charge on any atom is 0.416 e. The average Bonchev–Trinajstić information content (AvgIpc) is 2.11. The minimum Gasteiger partial charge on any atom is -0.166 e. The Hall–Kier alpha value is -0.640. The number of hydrogen-bond acceptors (Lipinski definition) is 1. The monoisotopic (exact) mass is 231 g/mol. The van der Waals surface area contributed by atoms with Crippen LogP contribution in [0.3, 0.4) is 0 Å². The molecule has 0 bridgehead atoms. The molecule has 1 aliphatic rings. The quantitative estimate of drug-likeness (QED) is 0.746. The standard InChI is InChI=1S/C11H10F3S/c12-11(13,14)9-3-1-2-8(6-9)7-10-4-5-15-10/h1-3,6-7,10H,4-5H2. The molecule has 1 atom stereocenters. The molecule has 1 aliphatic heterocycles. The summed E-state index contributed by atoms with van der Waals surface area (Å²) < 4.78 is 37.1. The highest BCUT2D eigenvalue weighted by atomic mass is 32.2. The Balaban J connectivity index is 2.11. The SMILES string of the molecule is FC(F)(F)c1cccc([CH]C2CCS2)c1. The Morgan fingerprint density at radius 1 is 1.33 bits per heavy atom. The van der Waals surface area contributed by atoms with Crippen molar-refractivity contribution in [1.82, 2.24) is 0 Å². The molecule has 0 N–H and O–H groups in total. The molecule has 0 saturated carbocycles. The molecule has 1 aromatic rings. The van der Waals surface area contributed by atoms with Crippen molar-refractivity contribution in [2.45, 2.75) is 17.8 Å². The first-order chi connectivity index (χ1) is 7.05. The molecule has 1 saturated heterocycles. The van der Waals surface area contributed by atoms with Gasteiger partial charge in [-0.3, -0.25) is 0 Å². The van der Waals surface area contributed by atoms with Crippen LogP contribution in [0.1, 0.15) is 17.5 Å². The Bertz CT molecular complexity index is 342. The van der Waals surface area contributed by atoms with E-state index in [1.807, 2.05) is 6.42 Å². The molecular formula is C11H10F3S. The predicted octanol–water partition coefficient (Wildman–Crippen LogP) is 3.76. The molecule has 1 unspecified atom stereocenters. The first-order valence-corrected chi connectivity index (χ1v) is 5.74. The van der Waals surface area contributed by atoms with Gasteiger partial charge in [-0.25, -0.2) is 0 Å². The molecule has 1 fully saturated rings. The molecule has 1 aromatic carbocycles. The first-order valence-electron chi connectivity index (χ1n) is 4.69. The zero-order valence-corrected chi connectivity index (χ0v) is 8.74. The second kappa shape index (κ2) is 4.08. The van der Waals surface area contributed by atoms with Crippen LogP contribution in [0.2, 0.25) is 0 Å². The summed E-state index contributed by atoms with van der Waals surface area (Å²) >= 11 is 1.78. The molecule has 81 valence electrons. The lowest BCUT2D eigenvalue weighted by molar-refractivity contribution is -0.137. The third kappa shape index (κ3) is 2.68. The molecule has 1 heterocycles. The number of thioether (sulfide) groups is 1. The molecule has 0 aliphatic carbocycles. The van der Waals surface area contributed by atoms with Gasteiger partial charge in [-0.2, -0.15) is 24.9 Å². The van der Waals surface area contributed by atoms with E-state index < -0.39 is 11.7 Å². The van der Waals surface area contributed by atoms with Crippen LogP contribution in [0, 0.1) is 6.42 Å². The molecular weight excluding hydrogens is 221 g/mol. The zero-order valence-electron chi connectivity index (χ0n) is 7.92. The van der Waals surface area contributed by atoms with Crippen LogP contribution in [-0.4, -0.2) is 11.0 Å². The number of benzene rings is 1. The second-order valence-electron chi connectivity index (χ2n) is 3.49. The Morgan fingerprint density at radius 2 is 2.07 bits per heavy atom. The van der Waals surface area contributed by atoms with E-state index in [1.165, 1.54) is 12.1 Å². The lowest BCUT2D eigenvalue weighted by atomic mass is 10.0. The number of rotatable bonds is 2. The summed E-state index contributed by atoms with van der Waals surface area (Å²) in [7, 11) is 0. The minimum atomic E-state index is -4.24. The van der Waals surface area contributed by atoms with E-state index >= 15 is 0 Å². The van der Waals surface area contributed by atoms with Crippen LogP contribution in [-0.2, 0) is 6.18 Å². The van der Waals surface area contributed by atoms with Crippen molar-refractivity contribution in [3.8, 4) is 0 Å². The van der Waals surface area contributed by atoms with Crippen LogP contribution in [0.25, 0.3) is 0 Å². The first kappa shape index (κ1) is 10.9. The summed E-state index contributed by atoms with van der Waals surface area (Å²) in [4.78, 5) is 0. The van der Waals surface area contributed by atoms with Gasteiger partial charge in [-0.05, 0) is 23.8 Å². The van der Waals surface area contributed by atoms with E-state index in [0.29, 0.717) is 10.8 Å². The third-order valence-electron chi connectivity index (χ3n) is 2.33. The fraction of sp³-hybridized carbons (Fsp3) is 0.364. The van der Waals surface area contributed by atoms with E-state index in [-0.39, 0.29) is 0 Å². The van der Waals surface area contributed by atoms with E-state index in [9.17, 15) is 13.2 Å². The van der Waals surface area contributed by atoms with E-state index in [2.05, 4.69) is 0 Å². The molecule has 2 rings (SSSR count). The Labute approximate surface area is 90.9 Å². The fourth-order valence-corrected chi connectivity index (χ4v) is 2.18. The van der Waals surface area contributed by atoms with Crippen LogP contribution in [0.5, 0.6) is 0 Å². The maximum atomic E-state index is 12.4. The number of hydrogen-bond donors (Lipinski definition) is 0. The fourth-order valence-electron chi connectivity index (χ4n) is 1.42. The van der Waals surface area contributed by atoms with Gasteiger partial charge in [0.15, 0.2) is 0 Å². The van der Waals surface area contributed by atoms with Crippen molar-refractivity contribution in [1.29, 1.82) is 0 Å².